The maximum atomic E-state index is 11.3. The van der Waals surface area contributed by atoms with Crippen LogP contribution in [0.2, 0.25) is 0 Å². The summed E-state index contributed by atoms with van der Waals surface area (Å²) in [6.07, 6.45) is 2.94. The molecule has 1 aromatic heterocycles. The predicted octanol–water partition coefficient (Wildman–Crippen LogP) is 1.51. The average Bonchev–Trinajstić information content (AvgIpc) is 2.54. The van der Waals surface area contributed by atoms with Gasteiger partial charge in [0.2, 0.25) is 5.91 Å². The summed E-state index contributed by atoms with van der Waals surface area (Å²) in [6.45, 7) is 7.29. The SMILES string of the molecule is CC(=O)N1CCCN(c2ncc(C)s2)CC1. The van der Waals surface area contributed by atoms with E-state index >= 15 is 0 Å². The molecule has 16 heavy (non-hydrogen) atoms. The molecule has 0 atom stereocenters. The van der Waals surface area contributed by atoms with Crippen LogP contribution in [-0.2, 0) is 4.79 Å². The third-order valence-electron chi connectivity index (χ3n) is 2.82. The van der Waals surface area contributed by atoms with Crippen LogP contribution in [0.25, 0.3) is 0 Å². The highest BCUT2D eigenvalue weighted by molar-refractivity contribution is 7.15. The standard InChI is InChI=1S/C11H17N3OS/c1-9-8-12-11(16-9)14-5-3-4-13(6-7-14)10(2)15/h8H,3-7H2,1-2H3. The zero-order valence-electron chi connectivity index (χ0n) is 9.77. The smallest absolute Gasteiger partial charge is 0.219 e. The number of thiazole rings is 1. The quantitative estimate of drug-likeness (QED) is 0.745. The van der Waals surface area contributed by atoms with E-state index in [0.717, 1.165) is 37.7 Å². The molecule has 0 aliphatic carbocycles. The minimum absolute atomic E-state index is 0.178. The number of carbonyl (C=O) groups is 1. The lowest BCUT2D eigenvalue weighted by Crippen LogP contribution is -2.33. The average molecular weight is 239 g/mol. The Labute approximate surface area is 99.9 Å². The molecular formula is C11H17N3OS. The summed E-state index contributed by atoms with van der Waals surface area (Å²) in [7, 11) is 0. The van der Waals surface area contributed by atoms with Crippen LogP contribution in [-0.4, -0.2) is 42.0 Å². The molecule has 2 rings (SSSR count). The van der Waals surface area contributed by atoms with Gasteiger partial charge in [0.1, 0.15) is 0 Å². The number of carbonyl (C=O) groups excluding carboxylic acids is 1. The van der Waals surface area contributed by atoms with E-state index in [4.69, 9.17) is 0 Å². The Morgan fingerprint density at radius 3 is 2.81 bits per heavy atom. The van der Waals surface area contributed by atoms with Crippen molar-refractivity contribution in [2.75, 3.05) is 31.1 Å². The Bertz CT molecular complexity index is 377. The lowest BCUT2D eigenvalue weighted by atomic mass is 10.4. The van der Waals surface area contributed by atoms with Gasteiger partial charge in [-0.1, -0.05) is 0 Å². The molecule has 2 heterocycles. The van der Waals surface area contributed by atoms with Gasteiger partial charge in [-0.15, -0.1) is 11.3 Å². The molecule has 1 fully saturated rings. The van der Waals surface area contributed by atoms with Crippen LogP contribution in [0, 0.1) is 6.92 Å². The lowest BCUT2D eigenvalue weighted by Gasteiger charge is -2.20. The molecule has 0 spiro atoms. The van der Waals surface area contributed by atoms with E-state index in [-0.39, 0.29) is 5.91 Å². The maximum Gasteiger partial charge on any atom is 0.219 e. The minimum Gasteiger partial charge on any atom is -0.346 e. The zero-order valence-corrected chi connectivity index (χ0v) is 10.6. The predicted molar refractivity (Wildman–Crippen MR) is 65.9 cm³/mol. The number of rotatable bonds is 1. The monoisotopic (exact) mass is 239 g/mol. The van der Waals surface area contributed by atoms with E-state index in [9.17, 15) is 4.79 Å². The van der Waals surface area contributed by atoms with Crippen LogP contribution < -0.4 is 4.90 Å². The fourth-order valence-electron chi connectivity index (χ4n) is 1.91. The number of aryl methyl sites for hydroxylation is 1. The van der Waals surface area contributed by atoms with Crippen LogP contribution >= 0.6 is 11.3 Å². The van der Waals surface area contributed by atoms with Gasteiger partial charge in [-0.05, 0) is 13.3 Å². The largest absolute Gasteiger partial charge is 0.346 e. The number of hydrogen-bond donors (Lipinski definition) is 0. The zero-order chi connectivity index (χ0) is 11.5. The van der Waals surface area contributed by atoms with Crippen molar-refractivity contribution in [3.8, 4) is 0 Å². The molecule has 1 amide bonds. The summed E-state index contributed by atoms with van der Waals surface area (Å²) in [5, 5.41) is 1.09. The Morgan fingerprint density at radius 1 is 1.38 bits per heavy atom. The Balaban J connectivity index is 2.01. The third kappa shape index (κ3) is 2.52. The van der Waals surface area contributed by atoms with E-state index in [2.05, 4.69) is 16.8 Å². The second-order valence-corrected chi connectivity index (χ2v) is 5.31. The van der Waals surface area contributed by atoms with E-state index in [0.29, 0.717) is 0 Å². The first-order valence-electron chi connectivity index (χ1n) is 5.59. The minimum atomic E-state index is 0.178. The normalized spacial score (nSPS) is 17.4. The van der Waals surface area contributed by atoms with Gasteiger partial charge in [-0.2, -0.15) is 0 Å². The summed E-state index contributed by atoms with van der Waals surface area (Å²) >= 11 is 1.72. The number of aromatic nitrogens is 1. The van der Waals surface area contributed by atoms with Gasteiger partial charge in [0, 0.05) is 44.2 Å². The molecule has 0 N–H and O–H groups in total. The van der Waals surface area contributed by atoms with Crippen molar-refractivity contribution in [2.45, 2.75) is 20.3 Å². The Hall–Kier alpha value is -1.10. The molecule has 1 saturated heterocycles. The van der Waals surface area contributed by atoms with Gasteiger partial charge in [-0.3, -0.25) is 4.79 Å². The van der Waals surface area contributed by atoms with Gasteiger partial charge in [-0.25, -0.2) is 4.98 Å². The molecule has 0 unspecified atom stereocenters. The Morgan fingerprint density at radius 2 is 2.19 bits per heavy atom. The van der Waals surface area contributed by atoms with Crippen LogP contribution in [0.3, 0.4) is 0 Å². The number of amides is 1. The van der Waals surface area contributed by atoms with Crippen molar-refractivity contribution in [3.05, 3.63) is 11.1 Å². The van der Waals surface area contributed by atoms with Gasteiger partial charge in [0.15, 0.2) is 5.13 Å². The van der Waals surface area contributed by atoms with Crippen molar-refractivity contribution in [2.24, 2.45) is 0 Å². The van der Waals surface area contributed by atoms with Gasteiger partial charge < -0.3 is 9.80 Å². The molecule has 1 aromatic rings. The number of nitrogens with zero attached hydrogens (tertiary/aromatic N) is 3. The fourth-order valence-corrected chi connectivity index (χ4v) is 2.72. The molecule has 4 nitrogen and oxygen atoms in total. The molecule has 0 radical (unpaired) electrons. The van der Waals surface area contributed by atoms with Crippen molar-refractivity contribution in [1.29, 1.82) is 0 Å². The van der Waals surface area contributed by atoms with Gasteiger partial charge in [0.05, 0.1) is 0 Å². The van der Waals surface area contributed by atoms with Crippen LogP contribution in [0.15, 0.2) is 6.20 Å². The van der Waals surface area contributed by atoms with Crippen molar-refractivity contribution < 1.29 is 4.79 Å². The van der Waals surface area contributed by atoms with Crippen LogP contribution in [0.4, 0.5) is 5.13 Å². The highest BCUT2D eigenvalue weighted by Gasteiger charge is 2.18. The molecule has 0 bridgehead atoms. The third-order valence-corrected chi connectivity index (χ3v) is 3.79. The second-order valence-electron chi connectivity index (χ2n) is 4.10. The summed E-state index contributed by atoms with van der Waals surface area (Å²) in [5.74, 6) is 0.178. The number of anilines is 1. The van der Waals surface area contributed by atoms with Crippen LogP contribution in [0.1, 0.15) is 18.2 Å². The molecule has 1 aliphatic rings. The van der Waals surface area contributed by atoms with Crippen molar-refractivity contribution in [3.63, 3.8) is 0 Å². The van der Waals surface area contributed by atoms with Crippen molar-refractivity contribution >= 4 is 22.4 Å². The van der Waals surface area contributed by atoms with E-state index in [1.807, 2.05) is 11.1 Å². The summed E-state index contributed by atoms with van der Waals surface area (Å²) < 4.78 is 0. The molecule has 5 heteroatoms. The first kappa shape index (κ1) is 11.4. The molecular weight excluding hydrogens is 222 g/mol. The summed E-state index contributed by atoms with van der Waals surface area (Å²) in [5.41, 5.74) is 0. The van der Waals surface area contributed by atoms with Gasteiger partial charge in [0.25, 0.3) is 0 Å². The number of hydrogen-bond acceptors (Lipinski definition) is 4. The fraction of sp³-hybridized carbons (Fsp3) is 0.636. The first-order valence-corrected chi connectivity index (χ1v) is 6.41. The van der Waals surface area contributed by atoms with E-state index in [1.165, 1.54) is 4.88 Å². The highest BCUT2D eigenvalue weighted by atomic mass is 32.1. The van der Waals surface area contributed by atoms with Crippen LogP contribution in [0.5, 0.6) is 0 Å². The first-order chi connectivity index (χ1) is 7.66. The lowest BCUT2D eigenvalue weighted by molar-refractivity contribution is -0.128. The topological polar surface area (TPSA) is 36.4 Å². The van der Waals surface area contributed by atoms with E-state index in [1.54, 1.807) is 18.3 Å². The summed E-state index contributed by atoms with van der Waals surface area (Å²) in [6, 6.07) is 0. The van der Waals surface area contributed by atoms with Crippen molar-refractivity contribution in [1.82, 2.24) is 9.88 Å². The molecule has 0 aromatic carbocycles. The Kier molecular flexibility index (Phi) is 3.43. The molecule has 1 aliphatic heterocycles. The van der Waals surface area contributed by atoms with E-state index < -0.39 is 0 Å². The second kappa shape index (κ2) is 4.82. The molecule has 88 valence electrons. The maximum absolute atomic E-state index is 11.3. The molecule has 0 saturated carbocycles. The van der Waals surface area contributed by atoms with Gasteiger partial charge >= 0.3 is 0 Å². The highest BCUT2D eigenvalue weighted by Crippen LogP contribution is 2.22. The summed E-state index contributed by atoms with van der Waals surface area (Å²) in [4.78, 5) is 21.1.